The number of hydrogen-bond acceptors (Lipinski definition) is 7. The molecule has 2 aliphatic rings. The number of hydrogen-bond donors (Lipinski definition) is 4. The topological polar surface area (TPSA) is 142 Å². The summed E-state index contributed by atoms with van der Waals surface area (Å²) in [6, 6.07) is 3.23. The lowest BCUT2D eigenvalue weighted by atomic mass is 10.0. The van der Waals surface area contributed by atoms with E-state index in [0.29, 0.717) is 5.69 Å². The van der Waals surface area contributed by atoms with Crippen molar-refractivity contribution in [1.29, 1.82) is 0 Å². The van der Waals surface area contributed by atoms with Crippen molar-refractivity contribution < 1.29 is 24.3 Å². The number of anilines is 1. The van der Waals surface area contributed by atoms with Gasteiger partial charge in [-0.2, -0.15) is 0 Å². The average Bonchev–Trinajstić information content (AvgIpc) is 2.84. The molecule has 0 spiro atoms. The van der Waals surface area contributed by atoms with Gasteiger partial charge in [-0.3, -0.25) is 29.4 Å². The number of imide groups is 2. The number of piperidine rings is 1. The third kappa shape index (κ3) is 2.99. The molecule has 1 saturated heterocycles. The average molecular weight is 346 g/mol. The van der Waals surface area contributed by atoms with E-state index in [9.17, 15) is 24.3 Å². The second-order valence-corrected chi connectivity index (χ2v) is 5.97. The Balaban J connectivity index is 1.86. The first-order valence-electron chi connectivity index (χ1n) is 7.89. The number of fused-ring (bicyclic) bond motifs is 1. The number of nitrogens with zero attached hydrogens (tertiary/aromatic N) is 1. The normalized spacial score (nSPS) is 21.2. The first-order valence-corrected chi connectivity index (χ1v) is 7.89. The third-order valence-electron chi connectivity index (χ3n) is 4.32. The van der Waals surface area contributed by atoms with E-state index in [1.807, 2.05) is 0 Å². The summed E-state index contributed by atoms with van der Waals surface area (Å²) < 4.78 is 0. The number of rotatable bonds is 5. The summed E-state index contributed by atoms with van der Waals surface area (Å²) in [7, 11) is 0. The van der Waals surface area contributed by atoms with Crippen molar-refractivity contribution in [3.05, 3.63) is 29.3 Å². The van der Waals surface area contributed by atoms with Crippen molar-refractivity contribution >= 4 is 29.3 Å². The standard InChI is InChI=1S/C16H18N4O5/c17-6-9(7-21)18-8-1-2-10-11(5-8)16(25)20(15(10)24)12-3-4-13(22)19-14(12)23/h1-2,5,9,12,18,21H,3-4,6-7,17H2,(H,19,22,23). The Morgan fingerprint density at radius 2 is 1.96 bits per heavy atom. The molecule has 2 heterocycles. The lowest BCUT2D eigenvalue weighted by molar-refractivity contribution is -0.136. The van der Waals surface area contributed by atoms with Gasteiger partial charge in [-0.05, 0) is 24.6 Å². The molecular formula is C16H18N4O5. The van der Waals surface area contributed by atoms with E-state index in [4.69, 9.17) is 5.73 Å². The highest BCUT2D eigenvalue weighted by atomic mass is 16.3. The van der Waals surface area contributed by atoms with Gasteiger partial charge in [0, 0.05) is 18.7 Å². The lowest BCUT2D eigenvalue weighted by Gasteiger charge is -2.27. The van der Waals surface area contributed by atoms with Crippen LogP contribution in [0.2, 0.25) is 0 Å². The molecule has 2 aliphatic heterocycles. The maximum atomic E-state index is 12.6. The first kappa shape index (κ1) is 17.1. The van der Waals surface area contributed by atoms with Crippen LogP contribution in [0.5, 0.6) is 0 Å². The van der Waals surface area contributed by atoms with Crippen molar-refractivity contribution in [1.82, 2.24) is 10.2 Å². The van der Waals surface area contributed by atoms with Crippen LogP contribution in [0.4, 0.5) is 5.69 Å². The molecule has 9 heteroatoms. The van der Waals surface area contributed by atoms with Gasteiger partial charge in [0.05, 0.1) is 23.8 Å². The zero-order valence-corrected chi connectivity index (χ0v) is 13.3. The molecule has 5 N–H and O–H groups in total. The highest BCUT2D eigenvalue weighted by Crippen LogP contribution is 2.29. The Morgan fingerprint density at radius 1 is 1.24 bits per heavy atom. The van der Waals surface area contributed by atoms with Crippen LogP contribution in [0.3, 0.4) is 0 Å². The number of amides is 4. The largest absolute Gasteiger partial charge is 0.394 e. The van der Waals surface area contributed by atoms with Gasteiger partial charge in [-0.1, -0.05) is 0 Å². The van der Waals surface area contributed by atoms with E-state index in [1.165, 1.54) is 12.1 Å². The zero-order valence-electron chi connectivity index (χ0n) is 13.3. The van der Waals surface area contributed by atoms with Crippen molar-refractivity contribution in [2.75, 3.05) is 18.5 Å². The SMILES string of the molecule is NCC(CO)Nc1ccc2c(c1)C(=O)N(C1CCC(=O)NC1=O)C2=O. The van der Waals surface area contributed by atoms with Crippen molar-refractivity contribution in [2.45, 2.75) is 24.9 Å². The summed E-state index contributed by atoms with van der Waals surface area (Å²) in [5, 5.41) is 14.3. The molecule has 1 aromatic carbocycles. The number of carbonyl (C=O) groups is 4. The second kappa shape index (κ2) is 6.61. The minimum absolute atomic E-state index is 0.0747. The number of aliphatic hydroxyl groups is 1. The van der Waals surface area contributed by atoms with Crippen LogP contribution in [-0.4, -0.2) is 58.9 Å². The van der Waals surface area contributed by atoms with Crippen molar-refractivity contribution in [2.24, 2.45) is 5.73 Å². The van der Waals surface area contributed by atoms with E-state index in [1.54, 1.807) is 6.07 Å². The summed E-state index contributed by atoms with van der Waals surface area (Å²) in [5.41, 5.74) is 6.43. The monoisotopic (exact) mass is 346 g/mol. The molecule has 2 unspecified atom stereocenters. The number of nitrogens with one attached hydrogen (secondary N) is 2. The molecule has 9 nitrogen and oxygen atoms in total. The summed E-state index contributed by atoms with van der Waals surface area (Å²) in [5.74, 6) is -2.20. The lowest BCUT2D eigenvalue weighted by Crippen LogP contribution is -2.54. The number of aliphatic hydroxyl groups excluding tert-OH is 1. The molecule has 0 radical (unpaired) electrons. The van der Waals surface area contributed by atoms with Crippen LogP contribution in [0.15, 0.2) is 18.2 Å². The molecule has 0 aromatic heterocycles. The number of benzene rings is 1. The Bertz CT molecular complexity index is 759. The summed E-state index contributed by atoms with van der Waals surface area (Å²) in [4.78, 5) is 49.3. The zero-order chi connectivity index (χ0) is 18.1. The molecule has 1 fully saturated rings. The number of nitrogens with two attached hydrogens (primary N) is 1. The van der Waals surface area contributed by atoms with E-state index >= 15 is 0 Å². The van der Waals surface area contributed by atoms with Crippen LogP contribution in [-0.2, 0) is 9.59 Å². The minimum atomic E-state index is -0.990. The molecule has 3 rings (SSSR count). The Kier molecular flexibility index (Phi) is 4.51. The van der Waals surface area contributed by atoms with Crippen LogP contribution < -0.4 is 16.4 Å². The van der Waals surface area contributed by atoms with Gasteiger partial charge in [0.1, 0.15) is 6.04 Å². The highest BCUT2D eigenvalue weighted by Gasteiger charge is 2.44. The maximum absolute atomic E-state index is 12.6. The first-order chi connectivity index (χ1) is 12.0. The molecule has 25 heavy (non-hydrogen) atoms. The Morgan fingerprint density at radius 3 is 2.60 bits per heavy atom. The minimum Gasteiger partial charge on any atom is -0.394 e. The molecule has 132 valence electrons. The third-order valence-corrected chi connectivity index (χ3v) is 4.32. The highest BCUT2D eigenvalue weighted by molar-refractivity contribution is 6.23. The number of carbonyl (C=O) groups excluding carboxylic acids is 4. The summed E-state index contributed by atoms with van der Waals surface area (Å²) in [6.45, 7) is 0.0196. The van der Waals surface area contributed by atoms with Gasteiger partial charge in [0.15, 0.2) is 0 Å². The predicted molar refractivity (Wildman–Crippen MR) is 86.7 cm³/mol. The van der Waals surface area contributed by atoms with E-state index < -0.39 is 29.7 Å². The van der Waals surface area contributed by atoms with Gasteiger partial charge in [0.2, 0.25) is 11.8 Å². The Hall–Kier alpha value is -2.78. The molecular weight excluding hydrogens is 328 g/mol. The molecule has 2 atom stereocenters. The van der Waals surface area contributed by atoms with Gasteiger partial charge in [-0.15, -0.1) is 0 Å². The van der Waals surface area contributed by atoms with Crippen LogP contribution >= 0.6 is 0 Å². The fraction of sp³-hybridized carbons (Fsp3) is 0.375. The summed E-state index contributed by atoms with van der Waals surface area (Å²) in [6.07, 6.45) is 0.187. The van der Waals surface area contributed by atoms with E-state index in [-0.39, 0.29) is 43.2 Å². The van der Waals surface area contributed by atoms with E-state index in [2.05, 4.69) is 10.6 Å². The maximum Gasteiger partial charge on any atom is 0.262 e. The van der Waals surface area contributed by atoms with Crippen LogP contribution in [0, 0.1) is 0 Å². The second-order valence-electron chi connectivity index (χ2n) is 5.97. The van der Waals surface area contributed by atoms with E-state index in [0.717, 1.165) is 4.90 Å². The van der Waals surface area contributed by atoms with Gasteiger partial charge < -0.3 is 16.2 Å². The fourth-order valence-corrected chi connectivity index (χ4v) is 2.98. The quantitative estimate of drug-likeness (QED) is 0.492. The molecule has 0 bridgehead atoms. The van der Waals surface area contributed by atoms with Gasteiger partial charge in [-0.25, -0.2) is 0 Å². The van der Waals surface area contributed by atoms with Gasteiger partial charge >= 0.3 is 0 Å². The molecule has 4 amide bonds. The molecule has 0 saturated carbocycles. The molecule has 1 aromatic rings. The van der Waals surface area contributed by atoms with Crippen LogP contribution in [0.1, 0.15) is 33.6 Å². The summed E-state index contributed by atoms with van der Waals surface area (Å²) >= 11 is 0. The Labute approximate surface area is 143 Å². The van der Waals surface area contributed by atoms with Crippen molar-refractivity contribution in [3.63, 3.8) is 0 Å². The van der Waals surface area contributed by atoms with Crippen molar-refractivity contribution in [3.8, 4) is 0 Å². The molecule has 0 aliphatic carbocycles. The van der Waals surface area contributed by atoms with Gasteiger partial charge in [0.25, 0.3) is 11.8 Å². The predicted octanol–water partition coefficient (Wildman–Crippen LogP) is -1.18. The fourth-order valence-electron chi connectivity index (χ4n) is 2.98. The smallest absolute Gasteiger partial charge is 0.262 e. The van der Waals surface area contributed by atoms with Crippen LogP contribution in [0.25, 0.3) is 0 Å².